The van der Waals surface area contributed by atoms with Crippen LogP contribution in [0.15, 0.2) is 70.0 Å². The van der Waals surface area contributed by atoms with Crippen molar-refractivity contribution < 1.29 is 9.21 Å². The van der Waals surface area contributed by atoms with Crippen LogP contribution in [0.3, 0.4) is 0 Å². The molecule has 1 aliphatic heterocycles. The maximum atomic E-state index is 12.8. The van der Waals surface area contributed by atoms with Crippen LogP contribution in [0, 0.1) is 0 Å². The van der Waals surface area contributed by atoms with Gasteiger partial charge in [0.1, 0.15) is 15.8 Å². The predicted octanol–water partition coefficient (Wildman–Crippen LogP) is 6.65. The molecule has 0 bridgehead atoms. The van der Waals surface area contributed by atoms with E-state index in [1.807, 2.05) is 30.3 Å². The third-order valence-corrected chi connectivity index (χ3v) is 6.09. The van der Waals surface area contributed by atoms with Gasteiger partial charge in [0, 0.05) is 16.7 Å². The minimum atomic E-state index is -0.127. The number of hydrogen-bond acceptors (Lipinski definition) is 4. The Bertz CT molecular complexity index is 1090. The lowest BCUT2D eigenvalue weighted by Crippen LogP contribution is -2.27. The highest BCUT2D eigenvalue weighted by molar-refractivity contribution is 8.26. The van der Waals surface area contributed by atoms with Crippen LogP contribution >= 0.6 is 47.2 Å². The van der Waals surface area contributed by atoms with E-state index in [1.54, 1.807) is 41.3 Å². The summed E-state index contributed by atoms with van der Waals surface area (Å²) in [6.45, 7) is 0.449. The third kappa shape index (κ3) is 4.03. The number of carbonyl (C=O) groups is 1. The summed E-state index contributed by atoms with van der Waals surface area (Å²) >= 11 is 18.9. The fraction of sp³-hybridized carbons (Fsp3) is 0.0476. The highest BCUT2D eigenvalue weighted by atomic mass is 35.5. The molecule has 0 saturated carbocycles. The van der Waals surface area contributed by atoms with Crippen molar-refractivity contribution in [2.24, 2.45) is 0 Å². The zero-order valence-corrected chi connectivity index (χ0v) is 17.5. The van der Waals surface area contributed by atoms with E-state index in [1.165, 1.54) is 11.8 Å². The molecule has 0 aliphatic carbocycles. The van der Waals surface area contributed by atoms with E-state index in [2.05, 4.69) is 0 Å². The van der Waals surface area contributed by atoms with Crippen LogP contribution in [0.1, 0.15) is 11.3 Å². The first-order chi connectivity index (χ1) is 13.5. The van der Waals surface area contributed by atoms with Gasteiger partial charge in [-0.2, -0.15) is 0 Å². The highest BCUT2D eigenvalue weighted by Crippen LogP contribution is 2.36. The quantitative estimate of drug-likeness (QED) is 0.332. The molecule has 3 aromatic rings. The van der Waals surface area contributed by atoms with Gasteiger partial charge in [-0.15, -0.1) is 0 Å². The number of thiocarbonyl (C=S) groups is 1. The molecular formula is C21H13Cl2NO2S2. The van der Waals surface area contributed by atoms with Gasteiger partial charge in [-0.1, -0.05) is 77.5 Å². The van der Waals surface area contributed by atoms with Crippen LogP contribution in [0.2, 0.25) is 10.0 Å². The van der Waals surface area contributed by atoms with E-state index in [0.717, 1.165) is 5.56 Å². The minimum Gasteiger partial charge on any atom is -0.457 e. The molecule has 1 aromatic heterocycles. The third-order valence-electron chi connectivity index (χ3n) is 4.15. The number of nitrogens with zero attached hydrogens (tertiary/aromatic N) is 1. The Morgan fingerprint density at radius 3 is 2.64 bits per heavy atom. The predicted molar refractivity (Wildman–Crippen MR) is 119 cm³/mol. The highest BCUT2D eigenvalue weighted by Gasteiger charge is 2.32. The molecule has 0 radical (unpaired) electrons. The largest absolute Gasteiger partial charge is 0.457 e. The van der Waals surface area contributed by atoms with Gasteiger partial charge in [0.25, 0.3) is 5.91 Å². The van der Waals surface area contributed by atoms with Crippen molar-refractivity contribution >= 4 is 63.5 Å². The van der Waals surface area contributed by atoms with Gasteiger partial charge >= 0.3 is 0 Å². The number of amides is 1. The number of thioether (sulfide) groups is 1. The molecule has 2 aromatic carbocycles. The Kier molecular flexibility index (Phi) is 5.60. The van der Waals surface area contributed by atoms with Gasteiger partial charge in [0.2, 0.25) is 0 Å². The number of carbonyl (C=O) groups excluding carboxylic acids is 1. The fourth-order valence-corrected chi connectivity index (χ4v) is 4.41. The van der Waals surface area contributed by atoms with Crippen LogP contribution < -0.4 is 0 Å². The van der Waals surface area contributed by atoms with Crippen LogP contribution in [0.25, 0.3) is 17.4 Å². The van der Waals surface area contributed by atoms with E-state index >= 15 is 0 Å². The summed E-state index contributed by atoms with van der Waals surface area (Å²) in [6, 6.07) is 18.5. The monoisotopic (exact) mass is 445 g/mol. The molecule has 2 heterocycles. The van der Waals surface area contributed by atoms with Crippen molar-refractivity contribution in [3.8, 4) is 11.3 Å². The van der Waals surface area contributed by atoms with Crippen LogP contribution in [0.5, 0.6) is 0 Å². The Morgan fingerprint density at radius 2 is 1.86 bits per heavy atom. The number of rotatable bonds is 4. The lowest BCUT2D eigenvalue weighted by molar-refractivity contribution is -0.122. The summed E-state index contributed by atoms with van der Waals surface area (Å²) in [5, 5.41) is 1.11. The normalized spacial score (nSPS) is 15.6. The van der Waals surface area contributed by atoms with E-state index in [4.69, 9.17) is 39.8 Å². The molecule has 0 spiro atoms. The lowest BCUT2D eigenvalue weighted by Gasteiger charge is -2.14. The topological polar surface area (TPSA) is 33.5 Å². The number of halogens is 2. The van der Waals surface area contributed by atoms with E-state index in [9.17, 15) is 4.79 Å². The zero-order chi connectivity index (χ0) is 19.7. The van der Waals surface area contributed by atoms with Gasteiger partial charge in [-0.25, -0.2) is 0 Å². The molecule has 3 nitrogen and oxygen atoms in total. The molecule has 1 amide bonds. The minimum absolute atomic E-state index is 0.127. The zero-order valence-electron chi connectivity index (χ0n) is 14.4. The molecule has 28 heavy (non-hydrogen) atoms. The summed E-state index contributed by atoms with van der Waals surface area (Å²) in [6.07, 6.45) is 1.70. The fourth-order valence-electron chi connectivity index (χ4n) is 2.79. The van der Waals surface area contributed by atoms with E-state index in [0.29, 0.717) is 42.9 Å². The molecule has 140 valence electrons. The van der Waals surface area contributed by atoms with Crippen LogP contribution in [-0.2, 0) is 11.3 Å². The summed E-state index contributed by atoms with van der Waals surface area (Å²) in [5.74, 6) is 1.00. The second-order valence-corrected chi connectivity index (χ2v) is 8.60. The van der Waals surface area contributed by atoms with Gasteiger partial charge in [0.05, 0.1) is 16.5 Å². The molecule has 7 heteroatoms. The molecule has 0 unspecified atom stereocenters. The molecule has 4 rings (SSSR count). The van der Waals surface area contributed by atoms with Gasteiger partial charge in [-0.05, 0) is 35.9 Å². The summed E-state index contributed by atoms with van der Waals surface area (Å²) in [4.78, 5) is 14.9. The van der Waals surface area contributed by atoms with Gasteiger partial charge < -0.3 is 4.42 Å². The summed E-state index contributed by atoms with van der Waals surface area (Å²) in [7, 11) is 0. The standard InChI is InChI=1S/C21H13Cl2NO2S2/c22-14-6-8-17(23)16(10-14)18-9-7-15(26-18)11-19-20(25)24(21(27)28-19)12-13-4-2-1-3-5-13/h1-11H,12H2. The smallest absolute Gasteiger partial charge is 0.266 e. The van der Waals surface area contributed by atoms with Gasteiger partial charge in [-0.3, -0.25) is 9.69 Å². The van der Waals surface area contributed by atoms with Gasteiger partial charge in [0.15, 0.2) is 0 Å². The van der Waals surface area contributed by atoms with Crippen LogP contribution in [-0.4, -0.2) is 15.1 Å². The first-order valence-corrected chi connectivity index (χ1v) is 10.3. The Balaban J connectivity index is 1.57. The second-order valence-electron chi connectivity index (χ2n) is 6.08. The SMILES string of the molecule is O=C1C(=Cc2ccc(-c3cc(Cl)ccc3Cl)o2)SC(=S)N1Cc1ccccc1. The maximum absolute atomic E-state index is 12.8. The van der Waals surface area contributed by atoms with E-state index in [-0.39, 0.29) is 5.91 Å². The number of benzene rings is 2. The van der Waals surface area contributed by atoms with Crippen LogP contribution in [0.4, 0.5) is 0 Å². The Labute approximate surface area is 181 Å². The van der Waals surface area contributed by atoms with Crippen molar-refractivity contribution in [1.29, 1.82) is 0 Å². The first kappa shape index (κ1) is 19.3. The molecule has 1 aliphatic rings. The summed E-state index contributed by atoms with van der Waals surface area (Å²) < 4.78 is 6.39. The second kappa shape index (κ2) is 8.13. The molecule has 0 N–H and O–H groups in total. The summed E-state index contributed by atoms with van der Waals surface area (Å²) in [5.41, 5.74) is 1.72. The first-order valence-electron chi connectivity index (χ1n) is 8.36. The molecular weight excluding hydrogens is 433 g/mol. The van der Waals surface area contributed by atoms with Crippen molar-refractivity contribution in [3.05, 3.63) is 86.9 Å². The molecule has 1 fully saturated rings. The van der Waals surface area contributed by atoms with Crippen molar-refractivity contribution in [2.75, 3.05) is 0 Å². The maximum Gasteiger partial charge on any atom is 0.266 e. The lowest BCUT2D eigenvalue weighted by atomic mass is 10.2. The van der Waals surface area contributed by atoms with Crippen molar-refractivity contribution in [1.82, 2.24) is 4.90 Å². The molecule has 1 saturated heterocycles. The number of hydrogen-bond donors (Lipinski definition) is 0. The van der Waals surface area contributed by atoms with E-state index < -0.39 is 0 Å². The Morgan fingerprint density at radius 1 is 1.07 bits per heavy atom. The van der Waals surface area contributed by atoms with Crippen molar-refractivity contribution in [3.63, 3.8) is 0 Å². The Hall–Kier alpha value is -2.05. The number of furan rings is 1. The molecule has 0 atom stereocenters. The average molecular weight is 446 g/mol. The van der Waals surface area contributed by atoms with Crippen molar-refractivity contribution in [2.45, 2.75) is 6.54 Å². The average Bonchev–Trinajstić information content (AvgIpc) is 3.25.